The average molecular weight is 464 g/mol. The number of aromatic nitrogens is 1. The summed E-state index contributed by atoms with van der Waals surface area (Å²) in [7, 11) is 0. The maximum absolute atomic E-state index is 12.4. The van der Waals surface area contributed by atoms with E-state index in [0.717, 1.165) is 0 Å². The Morgan fingerprint density at radius 1 is 1.18 bits per heavy atom. The molecular weight excluding hydrogens is 440 g/mol. The van der Waals surface area contributed by atoms with E-state index in [1.165, 1.54) is 11.8 Å². The van der Waals surface area contributed by atoms with Crippen LogP contribution >= 0.6 is 0 Å². The first-order valence-corrected chi connectivity index (χ1v) is 10.8. The molecule has 0 unspecified atom stereocenters. The van der Waals surface area contributed by atoms with Crippen molar-refractivity contribution in [2.45, 2.75) is 31.9 Å². The van der Waals surface area contributed by atoms with Gasteiger partial charge in [0.05, 0.1) is 31.0 Å². The molecule has 2 aliphatic heterocycles. The summed E-state index contributed by atoms with van der Waals surface area (Å²) in [5.41, 5.74) is 1.64. The van der Waals surface area contributed by atoms with E-state index in [0.29, 0.717) is 28.9 Å². The van der Waals surface area contributed by atoms with Gasteiger partial charge in [0.25, 0.3) is 0 Å². The Morgan fingerprint density at radius 3 is 2.65 bits per heavy atom. The number of aliphatic hydroxyl groups is 1. The molecule has 0 saturated carbocycles. The third-order valence-electron chi connectivity index (χ3n) is 5.95. The molecule has 3 heterocycles. The molecule has 3 amide bonds. The third-order valence-corrected chi connectivity index (χ3v) is 5.95. The topological polar surface area (TPSA) is 149 Å². The first-order valence-electron chi connectivity index (χ1n) is 10.8. The largest absolute Gasteiger partial charge is 0.477 e. The van der Waals surface area contributed by atoms with Crippen LogP contribution < -0.4 is 10.6 Å². The molecule has 1 fully saturated rings. The van der Waals surface area contributed by atoms with Crippen LogP contribution in [0.15, 0.2) is 54.4 Å². The highest BCUT2D eigenvalue weighted by Crippen LogP contribution is 2.46. The van der Waals surface area contributed by atoms with Crippen molar-refractivity contribution in [2.75, 3.05) is 11.9 Å². The number of amides is 3. The molecule has 34 heavy (non-hydrogen) atoms. The fraction of sp³-hybridized carbons (Fsp3) is 0.292. The summed E-state index contributed by atoms with van der Waals surface area (Å²) in [5.74, 6) is -2.64. The molecule has 4 rings (SSSR count). The Kier molecular flexibility index (Phi) is 6.42. The van der Waals surface area contributed by atoms with Crippen LogP contribution in [0.1, 0.15) is 24.5 Å². The number of hydrogen-bond acceptors (Lipinski definition) is 6. The summed E-state index contributed by atoms with van der Waals surface area (Å²) in [4.78, 5) is 53.9. The average Bonchev–Trinajstić information content (AvgIpc) is 3.14. The molecule has 2 aliphatic rings. The van der Waals surface area contributed by atoms with Gasteiger partial charge in [0.2, 0.25) is 17.7 Å². The lowest BCUT2D eigenvalue weighted by Gasteiger charge is -2.44. The molecule has 1 saturated heterocycles. The van der Waals surface area contributed by atoms with Gasteiger partial charge in [-0.05, 0) is 42.2 Å². The predicted octanol–water partition coefficient (Wildman–Crippen LogP) is 0.786. The van der Waals surface area contributed by atoms with Crippen LogP contribution in [-0.2, 0) is 25.6 Å². The monoisotopic (exact) mass is 464 g/mol. The van der Waals surface area contributed by atoms with Gasteiger partial charge in [-0.1, -0.05) is 30.3 Å². The summed E-state index contributed by atoms with van der Waals surface area (Å²) in [6.45, 7) is 1.30. The van der Waals surface area contributed by atoms with Gasteiger partial charge in [-0.3, -0.25) is 14.4 Å². The fourth-order valence-electron chi connectivity index (χ4n) is 4.45. The maximum Gasteiger partial charge on any atom is 0.352 e. The standard InChI is InChI=1S/C24H24N4O6/c1-13(29)21-17-11-16(22(24(33)34)28(17)23(21)32)15-6-4-5-14(9-15)10-19(30)26-12-20(31)27-18-7-2-3-8-25-18/h2-9,13,17,21,29H,10-12H2,1H3,(H,26,30)(H,33,34)(H,25,27,31)/t13-,17-,21-/m1/s1. The van der Waals surface area contributed by atoms with Gasteiger partial charge in [0.15, 0.2) is 0 Å². The summed E-state index contributed by atoms with van der Waals surface area (Å²) in [6, 6.07) is 11.6. The highest BCUT2D eigenvalue weighted by Gasteiger charge is 2.56. The Labute approximate surface area is 195 Å². The number of anilines is 1. The lowest BCUT2D eigenvalue weighted by atomic mass is 9.82. The van der Waals surface area contributed by atoms with Crippen molar-refractivity contribution in [1.29, 1.82) is 0 Å². The van der Waals surface area contributed by atoms with Crippen LogP contribution in [-0.4, -0.2) is 62.5 Å². The fourth-order valence-corrected chi connectivity index (χ4v) is 4.45. The molecule has 0 radical (unpaired) electrons. The van der Waals surface area contributed by atoms with Crippen molar-refractivity contribution in [2.24, 2.45) is 5.92 Å². The quantitative estimate of drug-likeness (QED) is 0.422. The Balaban J connectivity index is 1.42. The Bertz CT molecular complexity index is 1180. The first kappa shape index (κ1) is 23.1. The van der Waals surface area contributed by atoms with Crippen LogP contribution in [0, 0.1) is 5.92 Å². The smallest absolute Gasteiger partial charge is 0.352 e. The van der Waals surface area contributed by atoms with E-state index < -0.39 is 35.8 Å². The zero-order valence-electron chi connectivity index (χ0n) is 18.4. The molecule has 0 spiro atoms. The summed E-state index contributed by atoms with van der Waals surface area (Å²) in [5, 5.41) is 24.8. The molecule has 0 bridgehead atoms. The van der Waals surface area contributed by atoms with Crippen molar-refractivity contribution in [3.05, 3.63) is 65.5 Å². The van der Waals surface area contributed by atoms with Crippen LogP contribution in [0.5, 0.6) is 0 Å². The van der Waals surface area contributed by atoms with Gasteiger partial charge < -0.3 is 25.7 Å². The molecule has 3 atom stereocenters. The number of carboxylic acid groups (broad SMARTS) is 1. The van der Waals surface area contributed by atoms with Gasteiger partial charge in [-0.15, -0.1) is 0 Å². The zero-order valence-corrected chi connectivity index (χ0v) is 18.4. The number of fused-ring (bicyclic) bond motifs is 1. The number of benzene rings is 1. The number of nitrogens with one attached hydrogen (secondary N) is 2. The molecule has 10 nitrogen and oxygen atoms in total. The van der Waals surface area contributed by atoms with Crippen LogP contribution in [0.4, 0.5) is 5.82 Å². The van der Waals surface area contributed by atoms with Gasteiger partial charge in [-0.25, -0.2) is 9.78 Å². The van der Waals surface area contributed by atoms with Crippen molar-refractivity contribution in [1.82, 2.24) is 15.2 Å². The van der Waals surface area contributed by atoms with Crippen molar-refractivity contribution in [3.8, 4) is 0 Å². The number of aliphatic carboxylic acids is 1. The molecule has 10 heteroatoms. The molecular formula is C24H24N4O6. The first-order chi connectivity index (χ1) is 16.3. The number of carbonyl (C=O) groups excluding carboxylic acids is 3. The summed E-state index contributed by atoms with van der Waals surface area (Å²) in [6.07, 6.45) is 0.974. The lowest BCUT2D eigenvalue weighted by molar-refractivity contribution is -0.161. The second-order valence-corrected chi connectivity index (χ2v) is 8.30. The minimum Gasteiger partial charge on any atom is -0.477 e. The van der Waals surface area contributed by atoms with Crippen LogP contribution in [0.2, 0.25) is 0 Å². The SMILES string of the molecule is C[C@@H](O)[C@H]1C(=O)N2C(C(=O)O)=C(c3cccc(CC(=O)NCC(=O)Nc4ccccn4)c3)C[C@H]12. The second kappa shape index (κ2) is 9.44. The molecule has 4 N–H and O–H groups in total. The molecule has 1 aromatic carbocycles. The number of rotatable bonds is 8. The second-order valence-electron chi connectivity index (χ2n) is 8.30. The van der Waals surface area contributed by atoms with Crippen molar-refractivity contribution >= 4 is 35.1 Å². The summed E-state index contributed by atoms with van der Waals surface area (Å²) < 4.78 is 0. The van der Waals surface area contributed by atoms with E-state index in [2.05, 4.69) is 15.6 Å². The number of nitrogens with zero attached hydrogens (tertiary/aromatic N) is 2. The number of β-lactam (4-membered cyclic amide) rings is 1. The van der Waals surface area contributed by atoms with E-state index in [-0.39, 0.29) is 24.6 Å². The van der Waals surface area contributed by atoms with E-state index in [1.54, 1.807) is 48.7 Å². The van der Waals surface area contributed by atoms with E-state index >= 15 is 0 Å². The normalized spacial score (nSPS) is 19.8. The number of carboxylic acids is 1. The Morgan fingerprint density at radius 2 is 1.97 bits per heavy atom. The number of aliphatic hydroxyl groups excluding tert-OH is 1. The Hall–Kier alpha value is -4.05. The maximum atomic E-state index is 12.4. The number of hydrogen-bond donors (Lipinski definition) is 4. The molecule has 176 valence electrons. The molecule has 0 aliphatic carbocycles. The minimum atomic E-state index is -1.21. The number of carbonyl (C=O) groups is 4. The highest BCUT2D eigenvalue weighted by atomic mass is 16.4. The van der Waals surface area contributed by atoms with Gasteiger partial charge >= 0.3 is 5.97 Å². The summed E-state index contributed by atoms with van der Waals surface area (Å²) >= 11 is 0. The van der Waals surface area contributed by atoms with Crippen LogP contribution in [0.25, 0.3) is 5.57 Å². The minimum absolute atomic E-state index is 0.0111. The van der Waals surface area contributed by atoms with Gasteiger partial charge in [0, 0.05) is 6.20 Å². The van der Waals surface area contributed by atoms with E-state index in [1.807, 2.05) is 0 Å². The van der Waals surface area contributed by atoms with Crippen LogP contribution in [0.3, 0.4) is 0 Å². The molecule has 2 aromatic rings. The zero-order chi connectivity index (χ0) is 24.4. The van der Waals surface area contributed by atoms with Crippen molar-refractivity contribution in [3.63, 3.8) is 0 Å². The number of pyridine rings is 1. The van der Waals surface area contributed by atoms with Gasteiger partial charge in [-0.2, -0.15) is 0 Å². The van der Waals surface area contributed by atoms with E-state index in [9.17, 15) is 29.4 Å². The van der Waals surface area contributed by atoms with Gasteiger partial charge in [0.1, 0.15) is 11.5 Å². The van der Waals surface area contributed by atoms with Crippen molar-refractivity contribution < 1.29 is 29.4 Å². The highest BCUT2D eigenvalue weighted by molar-refractivity contribution is 6.06. The lowest BCUT2D eigenvalue weighted by Crippen LogP contribution is -2.61. The van der Waals surface area contributed by atoms with E-state index in [4.69, 9.17) is 0 Å². The third kappa shape index (κ3) is 4.53. The predicted molar refractivity (Wildman–Crippen MR) is 121 cm³/mol. The molecule has 1 aromatic heterocycles.